The molecule has 0 saturated carbocycles. The maximum absolute atomic E-state index is 13.2. The molecule has 3 rings (SSSR count). The number of carboxylic acids is 1. The van der Waals surface area contributed by atoms with Gasteiger partial charge >= 0.3 is 5.97 Å². The van der Waals surface area contributed by atoms with Crippen LogP contribution in [0.3, 0.4) is 0 Å². The summed E-state index contributed by atoms with van der Waals surface area (Å²) in [5, 5.41) is 11.7. The first-order valence-electron chi connectivity index (χ1n) is 7.56. The van der Waals surface area contributed by atoms with E-state index in [1.165, 1.54) is 30.3 Å². The monoisotopic (exact) mass is 373 g/mol. The number of carbonyl (C=O) groups excluding carboxylic acids is 1. The van der Waals surface area contributed by atoms with Gasteiger partial charge < -0.3 is 14.8 Å². The van der Waals surface area contributed by atoms with E-state index in [1.807, 2.05) is 0 Å². The van der Waals surface area contributed by atoms with Crippen LogP contribution in [-0.2, 0) is 0 Å². The largest absolute Gasteiger partial charge is 0.478 e. The Bertz CT molecular complexity index is 1010. The topological polar surface area (TPSA) is 79.5 Å². The van der Waals surface area contributed by atoms with E-state index in [9.17, 15) is 14.0 Å². The molecule has 7 heteroatoms. The molecule has 2 aromatic carbocycles. The molecule has 0 aliphatic carbocycles. The number of carboxylic acid groups (broad SMARTS) is 1. The maximum Gasteiger partial charge on any atom is 0.336 e. The van der Waals surface area contributed by atoms with Gasteiger partial charge in [-0.3, -0.25) is 4.79 Å². The van der Waals surface area contributed by atoms with E-state index in [2.05, 4.69) is 5.32 Å². The average molecular weight is 374 g/mol. The minimum absolute atomic E-state index is 0.0283. The molecule has 0 atom stereocenters. The Hall–Kier alpha value is -3.12. The molecule has 0 saturated heterocycles. The van der Waals surface area contributed by atoms with E-state index in [0.29, 0.717) is 22.6 Å². The van der Waals surface area contributed by atoms with Crippen LogP contribution in [0.25, 0.3) is 11.3 Å². The second-order valence-electron chi connectivity index (χ2n) is 5.53. The van der Waals surface area contributed by atoms with E-state index in [1.54, 1.807) is 25.1 Å². The fourth-order valence-electron chi connectivity index (χ4n) is 2.45. The van der Waals surface area contributed by atoms with E-state index in [0.717, 1.165) is 0 Å². The average Bonchev–Trinajstić information content (AvgIpc) is 3.09. The molecule has 132 valence electrons. The number of hydrogen-bond donors (Lipinski definition) is 2. The Kier molecular flexibility index (Phi) is 4.77. The van der Waals surface area contributed by atoms with Crippen molar-refractivity contribution in [2.75, 3.05) is 5.32 Å². The number of aromatic carboxylic acids is 1. The molecule has 0 bridgehead atoms. The van der Waals surface area contributed by atoms with Gasteiger partial charge in [0.2, 0.25) is 0 Å². The molecule has 1 amide bonds. The molecule has 1 aromatic heterocycles. The van der Waals surface area contributed by atoms with Gasteiger partial charge in [0.25, 0.3) is 5.91 Å². The summed E-state index contributed by atoms with van der Waals surface area (Å²) in [4.78, 5) is 23.5. The van der Waals surface area contributed by atoms with Gasteiger partial charge in [0, 0.05) is 11.3 Å². The fraction of sp³-hybridized carbons (Fsp3) is 0.0526. The lowest BCUT2D eigenvalue weighted by Crippen LogP contribution is -2.13. The van der Waals surface area contributed by atoms with Gasteiger partial charge in [0.15, 0.2) is 5.76 Å². The Morgan fingerprint density at radius 3 is 2.62 bits per heavy atom. The van der Waals surface area contributed by atoms with Crippen LogP contribution >= 0.6 is 11.6 Å². The minimum Gasteiger partial charge on any atom is -0.478 e. The highest BCUT2D eigenvalue weighted by Gasteiger charge is 2.16. The second kappa shape index (κ2) is 7.01. The number of anilines is 1. The van der Waals surface area contributed by atoms with E-state index >= 15 is 0 Å². The number of halogens is 2. The number of amides is 1. The van der Waals surface area contributed by atoms with Crippen molar-refractivity contribution in [2.24, 2.45) is 0 Å². The third kappa shape index (κ3) is 3.45. The number of rotatable bonds is 4. The summed E-state index contributed by atoms with van der Waals surface area (Å²) in [5.74, 6) is -1.77. The lowest BCUT2D eigenvalue weighted by Gasteiger charge is -2.09. The van der Waals surface area contributed by atoms with Gasteiger partial charge in [0.1, 0.15) is 11.6 Å². The van der Waals surface area contributed by atoms with Gasteiger partial charge in [-0.1, -0.05) is 17.7 Å². The number of hydrogen-bond acceptors (Lipinski definition) is 3. The van der Waals surface area contributed by atoms with Crippen molar-refractivity contribution >= 4 is 29.2 Å². The molecule has 0 aliphatic heterocycles. The minimum atomic E-state index is -1.08. The Morgan fingerprint density at radius 2 is 1.92 bits per heavy atom. The predicted molar refractivity (Wildman–Crippen MR) is 95.2 cm³/mol. The highest BCUT2D eigenvalue weighted by molar-refractivity contribution is 6.31. The van der Waals surface area contributed by atoms with Crippen LogP contribution in [0.15, 0.2) is 52.9 Å². The zero-order valence-corrected chi connectivity index (χ0v) is 14.3. The molecule has 5 nitrogen and oxygen atoms in total. The summed E-state index contributed by atoms with van der Waals surface area (Å²) < 4.78 is 18.8. The van der Waals surface area contributed by atoms with Gasteiger partial charge in [-0.15, -0.1) is 0 Å². The first-order chi connectivity index (χ1) is 12.4. The van der Waals surface area contributed by atoms with Crippen molar-refractivity contribution in [2.45, 2.75) is 6.92 Å². The summed E-state index contributed by atoms with van der Waals surface area (Å²) in [6, 6.07) is 11.7. The molecule has 3 aromatic rings. The van der Waals surface area contributed by atoms with Crippen molar-refractivity contribution in [1.82, 2.24) is 0 Å². The van der Waals surface area contributed by atoms with Crippen LogP contribution in [0.1, 0.15) is 26.5 Å². The van der Waals surface area contributed by atoms with Crippen molar-refractivity contribution in [3.05, 3.63) is 76.3 Å². The van der Waals surface area contributed by atoms with Crippen molar-refractivity contribution in [3.63, 3.8) is 0 Å². The molecule has 0 aliphatic rings. The molecule has 0 fully saturated rings. The molecular weight excluding hydrogens is 361 g/mol. The van der Waals surface area contributed by atoms with Crippen LogP contribution in [0.2, 0.25) is 5.02 Å². The van der Waals surface area contributed by atoms with Crippen molar-refractivity contribution < 1.29 is 23.5 Å². The second-order valence-corrected chi connectivity index (χ2v) is 5.94. The lowest BCUT2D eigenvalue weighted by atomic mass is 10.1. The highest BCUT2D eigenvalue weighted by atomic mass is 35.5. The summed E-state index contributed by atoms with van der Waals surface area (Å²) >= 11 is 5.75. The fourth-order valence-corrected chi connectivity index (χ4v) is 2.63. The standard InChI is InChI=1S/C19H13ClFNO4/c1-10-12(19(24)25)3-2-4-15(10)22-18(23)17-8-7-16(26-17)11-5-6-14(21)13(20)9-11/h2-9H,1H3,(H,22,23)(H,24,25). The number of carbonyl (C=O) groups is 2. The molecule has 2 N–H and O–H groups in total. The maximum atomic E-state index is 13.2. The molecule has 1 heterocycles. The quantitative estimate of drug-likeness (QED) is 0.674. The number of furan rings is 1. The Morgan fingerprint density at radius 1 is 1.15 bits per heavy atom. The first-order valence-corrected chi connectivity index (χ1v) is 7.94. The van der Waals surface area contributed by atoms with Crippen molar-refractivity contribution in [1.29, 1.82) is 0 Å². The van der Waals surface area contributed by atoms with Crippen molar-refractivity contribution in [3.8, 4) is 11.3 Å². The van der Waals surface area contributed by atoms with E-state index in [-0.39, 0.29) is 16.3 Å². The lowest BCUT2D eigenvalue weighted by molar-refractivity contribution is 0.0695. The highest BCUT2D eigenvalue weighted by Crippen LogP contribution is 2.27. The number of nitrogens with one attached hydrogen (secondary N) is 1. The molecule has 0 radical (unpaired) electrons. The third-order valence-electron chi connectivity index (χ3n) is 3.85. The zero-order valence-electron chi connectivity index (χ0n) is 13.5. The van der Waals surface area contributed by atoms with Gasteiger partial charge in [-0.2, -0.15) is 0 Å². The van der Waals surface area contributed by atoms with Crippen LogP contribution < -0.4 is 5.32 Å². The van der Waals surface area contributed by atoms with Gasteiger partial charge in [-0.25, -0.2) is 9.18 Å². The third-order valence-corrected chi connectivity index (χ3v) is 4.14. The summed E-state index contributed by atoms with van der Waals surface area (Å²) in [6.45, 7) is 1.60. The summed E-state index contributed by atoms with van der Waals surface area (Å²) in [7, 11) is 0. The van der Waals surface area contributed by atoms with E-state index in [4.69, 9.17) is 21.1 Å². The summed E-state index contributed by atoms with van der Waals surface area (Å²) in [5.41, 5.74) is 1.44. The zero-order chi connectivity index (χ0) is 18.8. The molecule has 0 spiro atoms. The first kappa shape index (κ1) is 17.7. The van der Waals surface area contributed by atoms with E-state index < -0.39 is 17.7 Å². The van der Waals surface area contributed by atoms with Crippen LogP contribution in [0, 0.1) is 12.7 Å². The predicted octanol–water partition coefficient (Wildman–Crippen LogP) is 5.00. The molecule has 26 heavy (non-hydrogen) atoms. The Balaban J connectivity index is 1.84. The SMILES string of the molecule is Cc1c(NC(=O)c2ccc(-c3ccc(F)c(Cl)c3)o2)cccc1C(=O)O. The van der Waals surface area contributed by atoms with Gasteiger partial charge in [0.05, 0.1) is 10.6 Å². The number of benzene rings is 2. The normalized spacial score (nSPS) is 10.6. The van der Waals surface area contributed by atoms with Crippen LogP contribution in [0.4, 0.5) is 10.1 Å². The van der Waals surface area contributed by atoms with Crippen LogP contribution in [-0.4, -0.2) is 17.0 Å². The van der Waals surface area contributed by atoms with Gasteiger partial charge in [-0.05, 0) is 55.0 Å². The summed E-state index contributed by atoms with van der Waals surface area (Å²) in [6.07, 6.45) is 0. The van der Waals surface area contributed by atoms with Crippen LogP contribution in [0.5, 0.6) is 0 Å². The molecule has 0 unspecified atom stereocenters. The Labute approximate surface area is 153 Å². The molecular formula is C19H13ClFNO4. The smallest absolute Gasteiger partial charge is 0.336 e.